The summed E-state index contributed by atoms with van der Waals surface area (Å²) < 4.78 is 9.01. The second-order valence-corrected chi connectivity index (χ2v) is 9.40. The van der Waals surface area contributed by atoms with Crippen LogP contribution in [-0.2, 0) is 0 Å². The standard InChI is InChI=1S/C28H15ClOS/c29-23-12-11-19(18-9-10-21-20-7-3-4-8-25(20)31-26(21)15-18)28-27(23)22-13-16-5-1-2-6-17(16)14-24(22)30-28/h1-15H. The number of hydrogen-bond donors (Lipinski definition) is 0. The normalized spacial score (nSPS) is 12.0. The highest BCUT2D eigenvalue weighted by Gasteiger charge is 2.17. The Morgan fingerprint density at radius 1 is 0.645 bits per heavy atom. The van der Waals surface area contributed by atoms with Crippen molar-refractivity contribution in [1.82, 2.24) is 0 Å². The van der Waals surface area contributed by atoms with Crippen LogP contribution in [0.15, 0.2) is 95.4 Å². The molecule has 0 aliphatic carbocycles. The summed E-state index contributed by atoms with van der Waals surface area (Å²) >= 11 is 8.51. The van der Waals surface area contributed by atoms with Gasteiger partial charge in [0.2, 0.25) is 0 Å². The van der Waals surface area contributed by atoms with Crippen LogP contribution in [0.5, 0.6) is 0 Å². The van der Waals surface area contributed by atoms with Crippen LogP contribution in [0.3, 0.4) is 0 Å². The highest BCUT2D eigenvalue weighted by atomic mass is 35.5. The van der Waals surface area contributed by atoms with Crippen molar-refractivity contribution in [2.24, 2.45) is 0 Å². The average Bonchev–Trinajstić information content (AvgIpc) is 3.35. The van der Waals surface area contributed by atoms with Crippen molar-refractivity contribution in [3.8, 4) is 11.1 Å². The molecule has 0 saturated heterocycles. The van der Waals surface area contributed by atoms with Crippen LogP contribution in [-0.4, -0.2) is 0 Å². The fraction of sp³-hybridized carbons (Fsp3) is 0. The third-order valence-corrected chi connectivity index (χ3v) is 7.57. The third-order valence-electron chi connectivity index (χ3n) is 6.13. The summed E-state index contributed by atoms with van der Waals surface area (Å²) in [6, 6.07) is 32.0. The number of furan rings is 1. The zero-order chi connectivity index (χ0) is 20.5. The van der Waals surface area contributed by atoms with Gasteiger partial charge < -0.3 is 4.42 Å². The van der Waals surface area contributed by atoms with Crippen molar-refractivity contribution in [3.63, 3.8) is 0 Å². The van der Waals surface area contributed by atoms with Crippen molar-refractivity contribution in [3.05, 3.63) is 96.0 Å². The molecule has 0 N–H and O–H groups in total. The molecule has 0 radical (unpaired) electrons. The second-order valence-electron chi connectivity index (χ2n) is 7.91. The fourth-order valence-corrected chi connectivity index (χ4v) is 6.04. The van der Waals surface area contributed by atoms with Gasteiger partial charge in [-0.15, -0.1) is 11.3 Å². The van der Waals surface area contributed by atoms with Gasteiger partial charge in [-0.1, -0.05) is 66.2 Å². The Labute approximate surface area is 187 Å². The van der Waals surface area contributed by atoms with E-state index >= 15 is 0 Å². The summed E-state index contributed by atoms with van der Waals surface area (Å²) in [6.45, 7) is 0. The number of hydrogen-bond acceptors (Lipinski definition) is 2. The molecule has 0 spiro atoms. The predicted molar refractivity (Wildman–Crippen MR) is 135 cm³/mol. The summed E-state index contributed by atoms with van der Waals surface area (Å²) in [6.07, 6.45) is 0. The first-order valence-electron chi connectivity index (χ1n) is 10.2. The average molecular weight is 435 g/mol. The van der Waals surface area contributed by atoms with Crippen molar-refractivity contribution < 1.29 is 4.42 Å². The van der Waals surface area contributed by atoms with Crippen molar-refractivity contribution >= 4 is 75.8 Å². The van der Waals surface area contributed by atoms with Gasteiger partial charge in [-0.2, -0.15) is 0 Å². The first-order valence-corrected chi connectivity index (χ1v) is 11.4. The maximum atomic E-state index is 6.68. The lowest BCUT2D eigenvalue weighted by atomic mass is 10.00. The highest BCUT2D eigenvalue weighted by Crippen LogP contribution is 2.43. The predicted octanol–water partition coefficient (Wildman–Crippen LogP) is 9.43. The molecule has 0 amide bonds. The molecule has 5 aromatic carbocycles. The van der Waals surface area contributed by atoms with Gasteiger partial charge in [0, 0.05) is 36.5 Å². The van der Waals surface area contributed by atoms with E-state index in [4.69, 9.17) is 16.0 Å². The first-order chi connectivity index (χ1) is 15.3. The summed E-state index contributed by atoms with van der Waals surface area (Å²) in [5.74, 6) is 0. The molecule has 0 unspecified atom stereocenters. The van der Waals surface area contributed by atoms with Crippen LogP contribution in [0.1, 0.15) is 0 Å². The fourth-order valence-electron chi connectivity index (χ4n) is 4.65. The van der Waals surface area contributed by atoms with E-state index in [1.807, 2.05) is 17.4 Å². The summed E-state index contributed by atoms with van der Waals surface area (Å²) in [7, 11) is 0. The van der Waals surface area contributed by atoms with Crippen LogP contribution in [0, 0.1) is 0 Å². The Balaban J connectivity index is 1.54. The van der Waals surface area contributed by atoms with Gasteiger partial charge in [0.05, 0.1) is 5.02 Å². The molecule has 0 fully saturated rings. The van der Waals surface area contributed by atoms with Crippen molar-refractivity contribution in [1.29, 1.82) is 0 Å². The molecule has 0 atom stereocenters. The van der Waals surface area contributed by atoms with Crippen LogP contribution in [0.25, 0.3) is 64.0 Å². The maximum Gasteiger partial charge on any atom is 0.144 e. The summed E-state index contributed by atoms with van der Waals surface area (Å²) in [5, 5.41) is 7.72. The monoisotopic (exact) mass is 434 g/mol. The molecule has 2 aromatic heterocycles. The Morgan fingerprint density at radius 3 is 2.32 bits per heavy atom. The van der Waals surface area contributed by atoms with Gasteiger partial charge in [0.15, 0.2) is 0 Å². The first kappa shape index (κ1) is 17.4. The molecular weight excluding hydrogens is 420 g/mol. The van der Waals surface area contributed by atoms with E-state index in [9.17, 15) is 0 Å². The van der Waals surface area contributed by atoms with E-state index in [1.54, 1.807) is 0 Å². The Kier molecular flexibility index (Phi) is 3.55. The molecule has 2 heterocycles. The lowest BCUT2D eigenvalue weighted by molar-refractivity contribution is 0.670. The van der Waals surface area contributed by atoms with Gasteiger partial charge in [0.1, 0.15) is 11.2 Å². The zero-order valence-electron chi connectivity index (χ0n) is 16.4. The van der Waals surface area contributed by atoms with E-state index in [1.165, 1.54) is 30.9 Å². The minimum Gasteiger partial charge on any atom is -0.455 e. The van der Waals surface area contributed by atoms with E-state index in [2.05, 4.69) is 84.9 Å². The zero-order valence-corrected chi connectivity index (χ0v) is 17.9. The summed E-state index contributed by atoms with van der Waals surface area (Å²) in [5.41, 5.74) is 3.92. The van der Waals surface area contributed by atoms with E-state index in [0.717, 1.165) is 38.1 Å². The van der Waals surface area contributed by atoms with E-state index in [-0.39, 0.29) is 0 Å². The number of benzene rings is 5. The Hall–Kier alpha value is -3.33. The molecule has 0 aliphatic rings. The van der Waals surface area contributed by atoms with Gasteiger partial charge in [-0.3, -0.25) is 0 Å². The number of halogens is 1. The maximum absolute atomic E-state index is 6.68. The van der Waals surface area contributed by atoms with E-state index in [0.29, 0.717) is 0 Å². The van der Waals surface area contributed by atoms with Crippen molar-refractivity contribution in [2.75, 3.05) is 0 Å². The topological polar surface area (TPSA) is 13.1 Å². The van der Waals surface area contributed by atoms with Crippen LogP contribution in [0.4, 0.5) is 0 Å². The number of thiophene rings is 1. The Morgan fingerprint density at radius 2 is 1.42 bits per heavy atom. The SMILES string of the molecule is Clc1ccc(-c2ccc3c(c2)sc2ccccc23)c2oc3cc4ccccc4cc3c12. The third kappa shape index (κ3) is 2.49. The lowest BCUT2D eigenvalue weighted by Crippen LogP contribution is -1.80. The number of rotatable bonds is 1. The highest BCUT2D eigenvalue weighted by molar-refractivity contribution is 7.25. The lowest BCUT2D eigenvalue weighted by Gasteiger charge is -2.05. The van der Waals surface area contributed by atoms with Crippen molar-refractivity contribution in [2.45, 2.75) is 0 Å². The molecule has 0 bridgehead atoms. The van der Waals surface area contributed by atoms with Gasteiger partial charge in [-0.25, -0.2) is 0 Å². The molecule has 3 heteroatoms. The van der Waals surface area contributed by atoms with E-state index < -0.39 is 0 Å². The van der Waals surface area contributed by atoms with Crippen LogP contribution < -0.4 is 0 Å². The van der Waals surface area contributed by atoms with Crippen LogP contribution in [0.2, 0.25) is 5.02 Å². The molecule has 31 heavy (non-hydrogen) atoms. The quantitative estimate of drug-likeness (QED) is 0.251. The molecule has 0 saturated carbocycles. The molecule has 1 nitrogen and oxygen atoms in total. The van der Waals surface area contributed by atoms with Crippen LogP contribution >= 0.6 is 22.9 Å². The molecular formula is C28H15ClOS. The molecule has 7 aromatic rings. The molecule has 7 rings (SSSR count). The Bertz CT molecular complexity index is 1810. The molecule has 146 valence electrons. The summed E-state index contributed by atoms with van der Waals surface area (Å²) in [4.78, 5) is 0. The molecule has 0 aliphatic heterocycles. The van der Waals surface area contributed by atoms with Gasteiger partial charge in [0.25, 0.3) is 0 Å². The number of fused-ring (bicyclic) bond motifs is 7. The minimum atomic E-state index is 0.718. The minimum absolute atomic E-state index is 0.718. The van der Waals surface area contributed by atoms with Gasteiger partial charge >= 0.3 is 0 Å². The second kappa shape index (κ2) is 6.34. The largest absolute Gasteiger partial charge is 0.455 e. The smallest absolute Gasteiger partial charge is 0.144 e. The van der Waals surface area contributed by atoms with Gasteiger partial charge in [-0.05, 0) is 52.7 Å².